The summed E-state index contributed by atoms with van der Waals surface area (Å²) in [7, 11) is -3.35. The Morgan fingerprint density at radius 1 is 0.438 bits per heavy atom. The zero-order valence-electron chi connectivity index (χ0n) is 81.1. The first-order valence-electron chi connectivity index (χ1n) is 50.1. The molecule has 8 aliphatic heterocycles. The van der Waals surface area contributed by atoms with Gasteiger partial charge in [-0.2, -0.15) is 0 Å². The average Bonchev–Trinajstić information content (AvgIpc) is 0.754. The van der Waals surface area contributed by atoms with Crippen LogP contribution in [0.25, 0.3) is 0 Å². The molecule has 18 nitrogen and oxygen atoms in total. The highest BCUT2D eigenvalue weighted by molar-refractivity contribution is 7.89. The van der Waals surface area contributed by atoms with Crippen molar-refractivity contribution in [2.75, 3.05) is 78.5 Å². The van der Waals surface area contributed by atoms with E-state index in [1.165, 1.54) is 168 Å². The number of ketones is 1. The predicted molar refractivity (Wildman–Crippen MR) is 532 cm³/mol. The van der Waals surface area contributed by atoms with Crippen molar-refractivity contribution in [1.29, 1.82) is 0 Å². The van der Waals surface area contributed by atoms with Crippen LogP contribution in [0.1, 0.15) is 323 Å². The van der Waals surface area contributed by atoms with Crippen LogP contribution >= 0.6 is 0 Å². The number of carbonyl (C=O) groups excluding carboxylic acids is 3. The van der Waals surface area contributed by atoms with Crippen LogP contribution in [0.5, 0.6) is 0 Å². The summed E-state index contributed by atoms with van der Waals surface area (Å²) in [5.74, 6) is 2.51. The minimum atomic E-state index is -3.35. The smallest absolute Gasteiger partial charge is 0.410 e. The molecular formula is C111H159N11O7S. The maximum atomic E-state index is 13.7. The van der Waals surface area contributed by atoms with Gasteiger partial charge in [-0.3, -0.25) is 29.5 Å². The number of pyridine rings is 1. The molecular weight excluding hydrogens is 1630 g/mol. The van der Waals surface area contributed by atoms with Crippen molar-refractivity contribution >= 4 is 33.7 Å². The van der Waals surface area contributed by atoms with Crippen molar-refractivity contribution in [2.45, 2.75) is 314 Å². The van der Waals surface area contributed by atoms with Crippen LogP contribution in [0.2, 0.25) is 0 Å². The lowest BCUT2D eigenvalue weighted by atomic mass is 9.77. The zero-order valence-corrected chi connectivity index (χ0v) is 81.9. The van der Waals surface area contributed by atoms with E-state index in [1.807, 2.05) is 114 Å². The fourth-order valence-corrected chi connectivity index (χ4v) is 24.1. The van der Waals surface area contributed by atoms with Gasteiger partial charge in [-0.1, -0.05) is 200 Å². The number of nitrogens with one attached hydrogen (secondary N) is 1. The van der Waals surface area contributed by atoms with E-state index in [0.717, 1.165) is 93.0 Å². The minimum absolute atomic E-state index is 0.159. The molecule has 3 N–H and O–H groups in total. The number of ether oxygens (including phenoxy) is 2. The lowest BCUT2D eigenvalue weighted by Crippen LogP contribution is -2.56. The van der Waals surface area contributed by atoms with E-state index in [2.05, 4.69) is 198 Å². The summed E-state index contributed by atoms with van der Waals surface area (Å²) >= 11 is 0. The van der Waals surface area contributed by atoms with Crippen LogP contribution in [0.4, 0.5) is 9.59 Å². The maximum absolute atomic E-state index is 13.7. The predicted octanol–water partition coefficient (Wildman–Crippen LogP) is 23.7. The Balaban J connectivity index is 0.000000141. The summed E-state index contributed by atoms with van der Waals surface area (Å²) in [5, 5.41) is 3.15. The van der Waals surface area contributed by atoms with E-state index in [4.69, 9.17) is 20.2 Å². The van der Waals surface area contributed by atoms with Gasteiger partial charge in [-0.25, -0.2) is 22.3 Å². The summed E-state index contributed by atoms with van der Waals surface area (Å²) in [5.41, 5.74) is 19.6. The lowest BCUT2D eigenvalue weighted by molar-refractivity contribution is -0.121. The third-order valence-electron chi connectivity index (χ3n) is 29.1. The van der Waals surface area contributed by atoms with Crippen LogP contribution in [-0.4, -0.2) is 179 Å². The van der Waals surface area contributed by atoms with Crippen LogP contribution in [-0.2, 0) is 30.7 Å². The average molecular weight is 1790 g/mol. The summed E-state index contributed by atoms with van der Waals surface area (Å²) in [6, 6.07) is 70.5. The second-order valence-corrected chi connectivity index (χ2v) is 42.5. The number of nitrogens with zero attached hydrogens (tertiary/aromatic N) is 9. The number of carbonyl (C=O) groups is 3. The molecule has 9 heterocycles. The van der Waals surface area contributed by atoms with Gasteiger partial charge < -0.3 is 35.2 Å². The Morgan fingerprint density at radius 2 is 0.877 bits per heavy atom. The Morgan fingerprint density at radius 3 is 1.38 bits per heavy atom. The zero-order chi connectivity index (χ0) is 92.2. The molecule has 13 atom stereocenters. The molecule has 11 aliphatic rings. The van der Waals surface area contributed by atoms with E-state index < -0.39 is 26.5 Å². The maximum Gasteiger partial charge on any atom is 0.410 e. The minimum Gasteiger partial charge on any atom is -0.444 e. The quantitative estimate of drug-likeness (QED) is 0.111. The van der Waals surface area contributed by atoms with Crippen LogP contribution in [0.3, 0.4) is 0 Å². The highest BCUT2D eigenvalue weighted by atomic mass is 32.2. The van der Waals surface area contributed by atoms with Crippen molar-refractivity contribution in [2.24, 2.45) is 28.5 Å². The van der Waals surface area contributed by atoms with Crippen LogP contribution in [0.15, 0.2) is 217 Å². The number of piperidine rings is 7. The largest absolute Gasteiger partial charge is 0.444 e. The molecule has 1 saturated carbocycles. The number of Topliss-reactive ketones (excluding diaryl/α,β-unsaturated/α-hetero) is 1. The number of allylic oxidation sites excluding steroid dienone is 2. The Kier molecular flexibility index (Phi) is 38.3. The second-order valence-electron chi connectivity index (χ2n) is 40.4. The highest BCUT2D eigenvalue weighted by Crippen LogP contribution is 2.45. The van der Waals surface area contributed by atoms with E-state index in [1.54, 1.807) is 27.3 Å². The highest BCUT2D eigenvalue weighted by Gasteiger charge is 2.45. The SMILES string of the molecule is CC(C)(C)OC(=O)N1CCC(=O)CC1.CC(N)c1ccccc1.CC(N=C1CCN(C(=O)OC(C)(C)C)CC1)c1ccccc1.CC(c1ccccc1)N1CCCC2=C1CCCC2.CC(c1ccccc1)N1CCCC2CCCCC21.CC(c1ccccc1)N1CCCC2CN(S(=O)(=O)C3CCCc4cnccc43)CCC21.CC(c1ccccc1)N1CCCC2CNCCC21. The van der Waals surface area contributed by atoms with Gasteiger partial charge >= 0.3 is 12.2 Å². The van der Waals surface area contributed by atoms with Crippen molar-refractivity contribution in [3.63, 3.8) is 0 Å². The first-order valence-corrected chi connectivity index (χ1v) is 51.6. The second kappa shape index (κ2) is 49.5. The van der Waals surface area contributed by atoms with E-state index in [-0.39, 0.29) is 30.1 Å². The first kappa shape index (κ1) is 101. The number of nitrogens with two attached hydrogens (primary N) is 1. The Bertz CT molecular complexity index is 4640. The molecule has 0 bridgehead atoms. The van der Waals surface area contributed by atoms with E-state index >= 15 is 0 Å². The summed E-state index contributed by atoms with van der Waals surface area (Å²) in [6.45, 7) is 35.7. The lowest BCUT2D eigenvalue weighted by Gasteiger charge is -2.49. The van der Waals surface area contributed by atoms with Crippen molar-refractivity contribution in [3.8, 4) is 0 Å². The van der Waals surface area contributed by atoms with Gasteiger partial charge in [0.25, 0.3) is 0 Å². The fraction of sp³-hybridized carbons (Fsp3) is 0.577. The number of aryl methyl sites for hydroxylation is 1. The normalized spacial score (nSPS) is 24.1. The molecule has 7 aromatic rings. The molecule has 1 aromatic heterocycles. The molecule has 0 spiro atoms. The van der Waals surface area contributed by atoms with Crippen molar-refractivity contribution in [3.05, 3.63) is 256 Å². The third kappa shape index (κ3) is 29.1. The first-order chi connectivity index (χ1) is 62.7. The molecule has 7 saturated heterocycles. The van der Waals surface area contributed by atoms with Gasteiger partial charge in [0.05, 0.1) is 12.1 Å². The fourth-order valence-electron chi connectivity index (χ4n) is 21.9. The monoisotopic (exact) mass is 1790 g/mol. The molecule has 2 amide bonds. The van der Waals surface area contributed by atoms with Crippen LogP contribution < -0.4 is 11.1 Å². The van der Waals surface area contributed by atoms with Gasteiger partial charge in [0.2, 0.25) is 10.0 Å². The summed E-state index contributed by atoms with van der Waals surface area (Å²) in [4.78, 5) is 57.7. The summed E-state index contributed by atoms with van der Waals surface area (Å²) in [6.07, 6.45) is 32.4. The molecule has 19 heteroatoms. The van der Waals surface area contributed by atoms with Gasteiger partial charge in [0.15, 0.2) is 0 Å². The molecule has 18 rings (SSSR count). The molecule has 8 fully saturated rings. The number of likely N-dealkylation sites (tertiary alicyclic amines) is 5. The molecule has 6 aromatic carbocycles. The van der Waals surface area contributed by atoms with Gasteiger partial charge in [-0.15, -0.1) is 0 Å². The number of sulfonamides is 1. The third-order valence-corrected chi connectivity index (χ3v) is 31.3. The van der Waals surface area contributed by atoms with Gasteiger partial charge in [0.1, 0.15) is 22.2 Å². The number of hydrogen-bond acceptors (Lipinski definition) is 15. The Hall–Kier alpha value is -8.40. The van der Waals surface area contributed by atoms with E-state index in [0.29, 0.717) is 88.2 Å². The molecule has 0 radical (unpaired) electrons. The number of rotatable bonds is 13. The van der Waals surface area contributed by atoms with Crippen molar-refractivity contribution in [1.82, 2.24) is 44.0 Å². The topological polar surface area (TPSA) is 190 Å². The standard InChI is InChI=1S/C25H33N3O2S.C18H26N2O2.C17H25N.C17H23N.C16H24N2.C10H17NO3.C8H11N/c1-19(20-7-3-2-4-8-20)28-15-6-10-22-18-27(16-13-24(22)28)31(29,30)25-11-5-9-21-17-26-14-12-23(21)25;1-14(15-8-6-5-7-9-15)19-16-10-12-20(13-11-16)17(21)22-18(2,3)4;2*1-14(15-8-3-2-4-9-15)18-13-7-11-16-10-5-6-12-17(16)18;1-13(14-6-3-2-4-7-14)18-11-5-8-15-12-17-10-9-16(15)18;1-10(2,3)14-9(13)11-6-4-8(12)5-7-11;1-7(9)8-5-3-2-4-6-8/h2-4,7-8,12,14,17,19,22,24-25H,5-6,9-11,13,15-16,18H2,1H3;5-9,14H,10-13H2,1-4H3;2-4,8-9,14,16-17H,5-7,10-13H2,1H3;2-4,8-9,14H,5-7,10-13H2,1H3;2-4,6-7,13,15-17H,5,8-12H2,1H3;4-7H2,1-3H3;2-7H,9H2,1H3. The molecule has 13 unspecified atom stereocenters. The Labute approximate surface area is 782 Å². The number of aromatic nitrogens is 1. The van der Waals surface area contributed by atoms with Gasteiger partial charge in [-0.05, 0) is 306 Å². The van der Waals surface area contributed by atoms with Gasteiger partial charge in [0, 0.05) is 138 Å². The molecule has 706 valence electrons. The number of fused-ring (bicyclic) bond motifs is 4. The number of amides is 2. The van der Waals surface area contributed by atoms with Crippen molar-refractivity contribution < 1.29 is 32.3 Å². The number of benzene rings is 6. The number of hydrogen-bond donors (Lipinski definition) is 2. The number of aliphatic imine (C=N–C) groups is 1. The molecule has 130 heavy (non-hydrogen) atoms. The van der Waals surface area contributed by atoms with E-state index in [9.17, 15) is 22.8 Å². The summed E-state index contributed by atoms with van der Waals surface area (Å²) < 4.78 is 39.8. The molecule has 3 aliphatic carbocycles. The van der Waals surface area contributed by atoms with Crippen LogP contribution in [0, 0.1) is 17.8 Å².